The standard InChI is InChI=1S/C19H27N3O5/c1-13(2)16(12-17(23)24)20-19(26)22-10-8-21(9-11-22)18(25)14-4-6-15(27-3)7-5-14/h4-7,13,16H,8-12H2,1-3H3,(H,20,26)(H,23,24)/t16-/m1/s1. The molecule has 3 amide bonds. The average molecular weight is 377 g/mol. The summed E-state index contributed by atoms with van der Waals surface area (Å²) in [4.78, 5) is 39.3. The first-order valence-corrected chi connectivity index (χ1v) is 9.02. The Bertz CT molecular complexity index is 666. The van der Waals surface area contributed by atoms with Crippen molar-refractivity contribution in [3.05, 3.63) is 29.8 Å². The quantitative estimate of drug-likeness (QED) is 0.786. The molecule has 1 aromatic rings. The normalized spacial score (nSPS) is 15.4. The first-order valence-electron chi connectivity index (χ1n) is 9.02. The highest BCUT2D eigenvalue weighted by Gasteiger charge is 2.27. The molecule has 1 atom stereocenters. The van der Waals surface area contributed by atoms with Crippen LogP contribution in [-0.2, 0) is 4.79 Å². The number of piperazine rings is 1. The van der Waals surface area contributed by atoms with Gasteiger partial charge >= 0.3 is 12.0 Å². The Morgan fingerprint density at radius 3 is 2.11 bits per heavy atom. The summed E-state index contributed by atoms with van der Waals surface area (Å²) in [5.41, 5.74) is 0.579. The molecule has 0 radical (unpaired) electrons. The minimum atomic E-state index is -0.941. The number of urea groups is 1. The first kappa shape index (κ1) is 20.5. The zero-order chi connectivity index (χ0) is 20.0. The third-order valence-electron chi connectivity index (χ3n) is 4.70. The number of carbonyl (C=O) groups is 3. The number of rotatable bonds is 6. The predicted molar refractivity (Wildman–Crippen MR) is 99.9 cm³/mol. The van der Waals surface area contributed by atoms with Gasteiger partial charge < -0.3 is 25.0 Å². The molecular weight excluding hydrogens is 350 g/mol. The molecule has 1 heterocycles. The zero-order valence-electron chi connectivity index (χ0n) is 16.0. The number of nitrogens with one attached hydrogen (secondary N) is 1. The van der Waals surface area contributed by atoms with E-state index in [1.165, 1.54) is 0 Å². The van der Waals surface area contributed by atoms with Crippen LogP contribution in [0.5, 0.6) is 5.75 Å². The Labute approximate surface area is 159 Å². The van der Waals surface area contributed by atoms with Crippen molar-refractivity contribution in [3.8, 4) is 5.75 Å². The van der Waals surface area contributed by atoms with Gasteiger partial charge in [0.1, 0.15) is 5.75 Å². The molecule has 1 saturated heterocycles. The molecule has 0 aromatic heterocycles. The summed E-state index contributed by atoms with van der Waals surface area (Å²) < 4.78 is 5.09. The van der Waals surface area contributed by atoms with E-state index in [9.17, 15) is 14.4 Å². The molecule has 1 aliphatic heterocycles. The minimum Gasteiger partial charge on any atom is -0.497 e. The summed E-state index contributed by atoms with van der Waals surface area (Å²) >= 11 is 0. The molecule has 2 rings (SSSR count). The number of carbonyl (C=O) groups excluding carboxylic acids is 2. The lowest BCUT2D eigenvalue weighted by atomic mass is 10.0. The van der Waals surface area contributed by atoms with Gasteiger partial charge in [-0.3, -0.25) is 9.59 Å². The molecule has 8 nitrogen and oxygen atoms in total. The molecule has 0 saturated carbocycles. The molecule has 27 heavy (non-hydrogen) atoms. The molecule has 0 aliphatic carbocycles. The molecule has 0 unspecified atom stereocenters. The third kappa shape index (κ3) is 5.60. The lowest BCUT2D eigenvalue weighted by molar-refractivity contribution is -0.137. The van der Waals surface area contributed by atoms with Crippen LogP contribution in [0.2, 0.25) is 0 Å². The van der Waals surface area contributed by atoms with Crippen LogP contribution in [0.25, 0.3) is 0 Å². The van der Waals surface area contributed by atoms with Crippen LogP contribution in [0.15, 0.2) is 24.3 Å². The van der Waals surface area contributed by atoms with Gasteiger partial charge in [0.25, 0.3) is 5.91 Å². The van der Waals surface area contributed by atoms with Crippen LogP contribution in [0.3, 0.4) is 0 Å². The number of ether oxygens (including phenoxy) is 1. The first-order chi connectivity index (χ1) is 12.8. The molecule has 8 heteroatoms. The lowest BCUT2D eigenvalue weighted by Crippen LogP contribution is -2.55. The number of carboxylic acid groups (broad SMARTS) is 1. The highest BCUT2D eigenvalue weighted by atomic mass is 16.5. The number of aliphatic carboxylic acids is 1. The van der Waals surface area contributed by atoms with Crippen LogP contribution in [0.4, 0.5) is 4.79 Å². The summed E-state index contributed by atoms with van der Waals surface area (Å²) in [5.74, 6) is -0.315. The van der Waals surface area contributed by atoms with Gasteiger partial charge in [-0.25, -0.2) is 4.79 Å². The van der Waals surface area contributed by atoms with Gasteiger partial charge in [0.2, 0.25) is 0 Å². The number of hydrogen-bond acceptors (Lipinski definition) is 4. The maximum absolute atomic E-state index is 12.6. The van der Waals surface area contributed by atoms with Crippen molar-refractivity contribution >= 4 is 17.9 Å². The number of hydrogen-bond donors (Lipinski definition) is 2. The smallest absolute Gasteiger partial charge is 0.317 e. The number of nitrogens with zero attached hydrogens (tertiary/aromatic N) is 2. The van der Waals surface area contributed by atoms with Crippen molar-refractivity contribution in [3.63, 3.8) is 0 Å². The lowest BCUT2D eigenvalue weighted by Gasteiger charge is -2.36. The van der Waals surface area contributed by atoms with E-state index < -0.39 is 12.0 Å². The number of carboxylic acids is 1. The van der Waals surface area contributed by atoms with Gasteiger partial charge in [0.05, 0.1) is 13.5 Å². The van der Waals surface area contributed by atoms with E-state index in [1.807, 2.05) is 13.8 Å². The second-order valence-electron chi connectivity index (χ2n) is 6.91. The van der Waals surface area contributed by atoms with Crippen LogP contribution in [-0.4, -0.2) is 72.1 Å². The Kier molecular flexibility index (Phi) is 7.04. The Morgan fingerprint density at radius 1 is 1.07 bits per heavy atom. The zero-order valence-corrected chi connectivity index (χ0v) is 16.0. The molecule has 0 spiro atoms. The molecule has 2 N–H and O–H groups in total. The van der Waals surface area contributed by atoms with E-state index in [0.717, 1.165) is 0 Å². The van der Waals surface area contributed by atoms with Gasteiger partial charge in [-0.05, 0) is 30.2 Å². The molecule has 1 aromatic carbocycles. The molecular formula is C19H27N3O5. The van der Waals surface area contributed by atoms with Crippen molar-refractivity contribution in [2.45, 2.75) is 26.3 Å². The fourth-order valence-corrected chi connectivity index (χ4v) is 2.92. The van der Waals surface area contributed by atoms with E-state index in [1.54, 1.807) is 41.2 Å². The van der Waals surface area contributed by atoms with E-state index in [4.69, 9.17) is 9.84 Å². The van der Waals surface area contributed by atoms with Crippen molar-refractivity contribution in [1.82, 2.24) is 15.1 Å². The van der Waals surface area contributed by atoms with Gasteiger partial charge in [-0.2, -0.15) is 0 Å². The average Bonchev–Trinajstić information content (AvgIpc) is 2.66. The van der Waals surface area contributed by atoms with Crippen LogP contribution in [0, 0.1) is 5.92 Å². The highest BCUT2D eigenvalue weighted by Crippen LogP contribution is 2.15. The fraction of sp³-hybridized carbons (Fsp3) is 0.526. The molecule has 1 fully saturated rings. The van der Waals surface area contributed by atoms with Crippen molar-refractivity contribution < 1.29 is 24.2 Å². The maximum atomic E-state index is 12.6. The van der Waals surface area contributed by atoms with Gasteiger partial charge in [-0.15, -0.1) is 0 Å². The largest absolute Gasteiger partial charge is 0.497 e. The Morgan fingerprint density at radius 2 is 1.63 bits per heavy atom. The summed E-state index contributed by atoms with van der Waals surface area (Å²) in [7, 11) is 1.57. The summed E-state index contributed by atoms with van der Waals surface area (Å²) in [6.45, 7) is 5.43. The minimum absolute atomic E-state index is 0.0167. The van der Waals surface area contributed by atoms with Crippen LogP contribution < -0.4 is 10.1 Å². The monoisotopic (exact) mass is 377 g/mol. The Balaban J connectivity index is 1.88. The Hall–Kier alpha value is -2.77. The van der Waals surface area contributed by atoms with Gasteiger partial charge in [0, 0.05) is 37.8 Å². The number of benzene rings is 1. The van der Waals surface area contributed by atoms with E-state index in [-0.39, 0.29) is 24.3 Å². The molecule has 1 aliphatic rings. The van der Waals surface area contributed by atoms with E-state index in [0.29, 0.717) is 37.5 Å². The van der Waals surface area contributed by atoms with Crippen molar-refractivity contribution in [2.24, 2.45) is 5.92 Å². The SMILES string of the molecule is COc1ccc(C(=O)N2CCN(C(=O)N[C@H](CC(=O)O)C(C)C)CC2)cc1. The second kappa shape index (κ2) is 9.25. The van der Waals surface area contributed by atoms with Crippen molar-refractivity contribution in [1.29, 1.82) is 0 Å². The van der Waals surface area contributed by atoms with Crippen LogP contribution >= 0.6 is 0 Å². The molecule has 0 bridgehead atoms. The number of methoxy groups -OCH3 is 1. The second-order valence-corrected chi connectivity index (χ2v) is 6.91. The maximum Gasteiger partial charge on any atom is 0.317 e. The summed E-state index contributed by atoms with van der Waals surface area (Å²) in [5, 5.41) is 11.8. The van der Waals surface area contributed by atoms with Crippen LogP contribution in [0.1, 0.15) is 30.6 Å². The van der Waals surface area contributed by atoms with Crippen molar-refractivity contribution in [2.75, 3.05) is 33.3 Å². The highest BCUT2D eigenvalue weighted by molar-refractivity contribution is 5.94. The topological polar surface area (TPSA) is 99.2 Å². The third-order valence-corrected chi connectivity index (χ3v) is 4.70. The fourth-order valence-electron chi connectivity index (χ4n) is 2.92. The summed E-state index contributed by atoms with van der Waals surface area (Å²) in [6, 6.07) is 6.22. The molecule has 148 valence electrons. The van der Waals surface area contributed by atoms with Gasteiger partial charge in [0.15, 0.2) is 0 Å². The predicted octanol–water partition coefficient (Wildman–Crippen LogP) is 1.66. The number of amides is 3. The van der Waals surface area contributed by atoms with E-state index in [2.05, 4.69) is 5.32 Å². The summed E-state index contributed by atoms with van der Waals surface area (Å²) in [6.07, 6.45) is -0.112. The van der Waals surface area contributed by atoms with Gasteiger partial charge in [-0.1, -0.05) is 13.8 Å². The van der Waals surface area contributed by atoms with E-state index >= 15 is 0 Å².